The minimum absolute atomic E-state index is 0.0219. The Balaban J connectivity index is 1.75. The Morgan fingerprint density at radius 1 is 1.00 bits per heavy atom. The number of ether oxygens (including phenoxy) is 2. The van der Waals surface area contributed by atoms with Crippen molar-refractivity contribution in [1.82, 2.24) is 25.3 Å². The standard InChI is InChI=1S/C26H25F2N7O5S/c1-4-29-25(38)35-26-34-19-17(28)14(10-15(21(19)41-26)18-16(27)8-7-9-30-18)13-11-31-24(32-12-13)33-20(22(36)39-5-2)23(37)40-6-3/h7-12,20H,4-6H2,1-3H3,(H,31,32,33)(H2,29,34,35,38). The molecule has 41 heavy (non-hydrogen) atoms. The highest BCUT2D eigenvalue weighted by Crippen LogP contribution is 2.40. The lowest BCUT2D eigenvalue weighted by Gasteiger charge is -2.16. The molecule has 12 nitrogen and oxygen atoms in total. The van der Waals surface area contributed by atoms with Crippen LogP contribution in [0.3, 0.4) is 0 Å². The van der Waals surface area contributed by atoms with Gasteiger partial charge in [0, 0.05) is 41.8 Å². The first-order valence-corrected chi connectivity index (χ1v) is 13.3. The smallest absolute Gasteiger partial charge is 0.340 e. The molecule has 3 aromatic heterocycles. The van der Waals surface area contributed by atoms with E-state index in [-0.39, 0.29) is 56.9 Å². The molecule has 15 heteroatoms. The fourth-order valence-corrected chi connectivity index (χ4v) is 4.68. The Kier molecular flexibility index (Phi) is 9.29. The number of aromatic nitrogens is 4. The Morgan fingerprint density at radius 2 is 1.68 bits per heavy atom. The molecule has 0 bridgehead atoms. The minimum atomic E-state index is -1.52. The zero-order valence-electron chi connectivity index (χ0n) is 22.2. The van der Waals surface area contributed by atoms with Crippen LogP contribution >= 0.6 is 11.3 Å². The van der Waals surface area contributed by atoms with Crippen LogP contribution in [0, 0.1) is 11.6 Å². The van der Waals surface area contributed by atoms with Crippen LogP contribution in [0.4, 0.5) is 24.7 Å². The molecule has 3 heterocycles. The van der Waals surface area contributed by atoms with Gasteiger partial charge in [-0.25, -0.2) is 38.1 Å². The van der Waals surface area contributed by atoms with Gasteiger partial charge in [-0.3, -0.25) is 10.3 Å². The van der Waals surface area contributed by atoms with Crippen molar-refractivity contribution in [3.05, 3.63) is 48.4 Å². The molecule has 4 rings (SSSR count). The second-order valence-electron chi connectivity index (χ2n) is 8.18. The lowest BCUT2D eigenvalue weighted by molar-refractivity contribution is -0.155. The van der Waals surface area contributed by atoms with Gasteiger partial charge in [-0.1, -0.05) is 11.3 Å². The summed E-state index contributed by atoms with van der Waals surface area (Å²) in [7, 11) is 0. The fraction of sp³-hybridized carbons (Fsp3) is 0.269. The predicted octanol–water partition coefficient (Wildman–Crippen LogP) is 4.14. The first-order valence-electron chi connectivity index (χ1n) is 12.5. The first-order chi connectivity index (χ1) is 19.8. The monoisotopic (exact) mass is 585 g/mol. The Bertz CT molecular complexity index is 1560. The second kappa shape index (κ2) is 13.0. The van der Waals surface area contributed by atoms with Crippen LogP contribution in [0.25, 0.3) is 32.6 Å². The molecule has 0 atom stereocenters. The molecule has 0 aliphatic carbocycles. The number of carbonyl (C=O) groups is 3. The molecule has 2 amide bonds. The number of benzene rings is 1. The summed E-state index contributed by atoms with van der Waals surface area (Å²) in [5, 5.41) is 7.77. The third-order valence-corrected chi connectivity index (χ3v) is 6.46. The molecule has 3 N–H and O–H groups in total. The Labute approximate surface area is 236 Å². The summed E-state index contributed by atoms with van der Waals surface area (Å²) in [6.45, 7) is 5.35. The number of nitrogens with zero attached hydrogens (tertiary/aromatic N) is 4. The Hall–Kier alpha value is -4.79. The number of fused-ring (bicyclic) bond motifs is 1. The number of pyridine rings is 1. The van der Waals surface area contributed by atoms with Gasteiger partial charge in [0.2, 0.25) is 12.0 Å². The lowest BCUT2D eigenvalue weighted by atomic mass is 10.0. The van der Waals surface area contributed by atoms with Gasteiger partial charge in [0.05, 0.1) is 17.9 Å². The average molecular weight is 586 g/mol. The molecule has 0 saturated heterocycles. The van der Waals surface area contributed by atoms with Crippen molar-refractivity contribution in [3.63, 3.8) is 0 Å². The van der Waals surface area contributed by atoms with Crippen LogP contribution in [-0.2, 0) is 19.1 Å². The van der Waals surface area contributed by atoms with Crippen molar-refractivity contribution < 1.29 is 32.6 Å². The molecule has 0 saturated carbocycles. The largest absolute Gasteiger partial charge is 0.464 e. The van der Waals surface area contributed by atoms with E-state index < -0.39 is 35.6 Å². The van der Waals surface area contributed by atoms with Gasteiger partial charge in [0.25, 0.3) is 0 Å². The quantitative estimate of drug-likeness (QED) is 0.182. The van der Waals surface area contributed by atoms with E-state index in [1.165, 1.54) is 36.8 Å². The fourth-order valence-electron chi connectivity index (χ4n) is 3.71. The Morgan fingerprint density at radius 3 is 2.29 bits per heavy atom. The maximum atomic E-state index is 15.9. The summed E-state index contributed by atoms with van der Waals surface area (Å²) in [6.07, 6.45) is 3.91. The van der Waals surface area contributed by atoms with Crippen LogP contribution in [0.2, 0.25) is 0 Å². The highest BCUT2D eigenvalue weighted by atomic mass is 32.1. The number of thiazole rings is 1. The lowest BCUT2D eigenvalue weighted by Crippen LogP contribution is -2.40. The minimum Gasteiger partial charge on any atom is -0.464 e. The highest BCUT2D eigenvalue weighted by molar-refractivity contribution is 7.22. The molecule has 1 aromatic carbocycles. The molecular weight excluding hydrogens is 560 g/mol. The van der Waals surface area contributed by atoms with E-state index in [4.69, 9.17) is 9.47 Å². The zero-order valence-corrected chi connectivity index (χ0v) is 23.0. The van der Waals surface area contributed by atoms with E-state index in [0.29, 0.717) is 6.54 Å². The van der Waals surface area contributed by atoms with Gasteiger partial charge in [-0.2, -0.15) is 0 Å². The number of urea groups is 1. The number of anilines is 2. The third kappa shape index (κ3) is 6.51. The maximum Gasteiger partial charge on any atom is 0.340 e. The molecule has 214 valence electrons. The number of halogens is 2. The van der Waals surface area contributed by atoms with E-state index in [1.54, 1.807) is 20.8 Å². The summed E-state index contributed by atoms with van der Waals surface area (Å²) < 4.78 is 40.8. The average Bonchev–Trinajstić information content (AvgIpc) is 3.37. The van der Waals surface area contributed by atoms with Gasteiger partial charge in [0.15, 0.2) is 10.9 Å². The van der Waals surface area contributed by atoms with Gasteiger partial charge in [0.1, 0.15) is 17.0 Å². The van der Waals surface area contributed by atoms with Crippen molar-refractivity contribution in [2.24, 2.45) is 0 Å². The van der Waals surface area contributed by atoms with Crippen LogP contribution in [0.1, 0.15) is 20.8 Å². The van der Waals surface area contributed by atoms with E-state index >= 15 is 4.39 Å². The van der Waals surface area contributed by atoms with E-state index in [9.17, 15) is 18.8 Å². The van der Waals surface area contributed by atoms with Crippen LogP contribution in [0.5, 0.6) is 0 Å². The van der Waals surface area contributed by atoms with Crippen LogP contribution in [0.15, 0.2) is 36.8 Å². The third-order valence-electron chi connectivity index (χ3n) is 5.46. The van der Waals surface area contributed by atoms with Crippen molar-refractivity contribution in [1.29, 1.82) is 0 Å². The van der Waals surface area contributed by atoms with Gasteiger partial charge < -0.3 is 20.1 Å². The summed E-state index contributed by atoms with van der Waals surface area (Å²) in [5.74, 6) is -3.28. The topological polar surface area (TPSA) is 157 Å². The molecule has 0 spiro atoms. The van der Waals surface area contributed by atoms with E-state index in [2.05, 4.69) is 35.9 Å². The predicted molar refractivity (Wildman–Crippen MR) is 147 cm³/mol. The molecule has 0 aliphatic rings. The number of esters is 2. The summed E-state index contributed by atoms with van der Waals surface area (Å²) in [4.78, 5) is 53.1. The highest BCUT2D eigenvalue weighted by Gasteiger charge is 2.30. The number of hydrogen-bond donors (Lipinski definition) is 3. The number of nitrogens with one attached hydrogen (secondary N) is 3. The van der Waals surface area contributed by atoms with Crippen LogP contribution in [-0.4, -0.2) is 63.7 Å². The molecule has 0 fully saturated rings. The van der Waals surface area contributed by atoms with E-state index in [0.717, 1.165) is 11.3 Å². The SMILES string of the molecule is CCNC(=O)Nc1nc2c(F)c(-c3cnc(NC(C(=O)OCC)C(=O)OCC)nc3)cc(-c3ncccc3F)c2s1. The van der Waals surface area contributed by atoms with Crippen molar-refractivity contribution in [3.8, 4) is 22.4 Å². The number of hydrogen-bond acceptors (Lipinski definition) is 11. The molecular formula is C26H25F2N7O5S. The maximum absolute atomic E-state index is 15.9. The van der Waals surface area contributed by atoms with Crippen LogP contribution < -0.4 is 16.0 Å². The van der Waals surface area contributed by atoms with Gasteiger partial charge in [-0.05, 0) is 39.0 Å². The number of carbonyl (C=O) groups excluding carboxylic acids is 3. The van der Waals surface area contributed by atoms with Gasteiger partial charge >= 0.3 is 18.0 Å². The first kappa shape index (κ1) is 29.2. The van der Waals surface area contributed by atoms with Crippen molar-refractivity contribution in [2.45, 2.75) is 26.8 Å². The van der Waals surface area contributed by atoms with E-state index in [1.807, 2.05) is 0 Å². The summed E-state index contributed by atoms with van der Waals surface area (Å²) in [6, 6.07) is 1.99. The number of amides is 2. The molecule has 4 aromatic rings. The number of rotatable bonds is 10. The summed E-state index contributed by atoms with van der Waals surface area (Å²) >= 11 is 0.964. The second-order valence-corrected chi connectivity index (χ2v) is 9.18. The zero-order chi connectivity index (χ0) is 29.5. The molecule has 0 radical (unpaired) electrons. The van der Waals surface area contributed by atoms with Crippen molar-refractivity contribution >= 4 is 50.6 Å². The normalized spacial score (nSPS) is 10.9. The van der Waals surface area contributed by atoms with Gasteiger partial charge in [-0.15, -0.1) is 0 Å². The van der Waals surface area contributed by atoms with Crippen molar-refractivity contribution in [2.75, 3.05) is 30.4 Å². The molecule has 0 aliphatic heterocycles. The molecule has 0 unspecified atom stereocenters. The summed E-state index contributed by atoms with van der Waals surface area (Å²) in [5.41, 5.74) is 0.237.